The van der Waals surface area contributed by atoms with Crippen LogP contribution in [0.2, 0.25) is 0 Å². The Balaban J connectivity index is 1.51. The highest BCUT2D eigenvalue weighted by Crippen LogP contribution is 2.35. The molecule has 3 aliphatic rings. The lowest BCUT2D eigenvalue weighted by Gasteiger charge is -2.41. The fraction of sp³-hybridized carbons (Fsp3) is 0.615. The average molecular weight is 504 g/mol. The van der Waals surface area contributed by atoms with E-state index in [0.29, 0.717) is 71.6 Å². The van der Waals surface area contributed by atoms with Crippen molar-refractivity contribution in [2.75, 3.05) is 45.9 Å². The number of nitriles is 1. The zero-order chi connectivity index (χ0) is 25.7. The van der Waals surface area contributed by atoms with E-state index >= 15 is 0 Å². The Morgan fingerprint density at radius 1 is 1.14 bits per heavy atom. The molecule has 36 heavy (non-hydrogen) atoms. The molecule has 2 fully saturated rings. The number of alkyl halides is 3. The first-order chi connectivity index (χ1) is 17.3. The topological polar surface area (TPSA) is 81.3 Å². The number of hydrogen-bond donors (Lipinski definition) is 0. The van der Waals surface area contributed by atoms with Gasteiger partial charge in [0.1, 0.15) is 5.84 Å². The van der Waals surface area contributed by atoms with E-state index in [1.54, 1.807) is 4.90 Å². The van der Waals surface area contributed by atoms with Gasteiger partial charge in [-0.25, -0.2) is 9.79 Å². The maximum atomic E-state index is 13.4. The Labute approximate surface area is 209 Å². The van der Waals surface area contributed by atoms with Crippen LogP contribution in [0.4, 0.5) is 18.0 Å². The van der Waals surface area contributed by atoms with Gasteiger partial charge in [0.15, 0.2) is 0 Å². The quantitative estimate of drug-likeness (QED) is 0.526. The minimum atomic E-state index is -4.39. The van der Waals surface area contributed by atoms with Crippen molar-refractivity contribution < 1.29 is 22.7 Å². The number of amidine groups is 1. The number of benzene rings is 1. The van der Waals surface area contributed by atoms with Crippen molar-refractivity contribution >= 4 is 17.6 Å². The Morgan fingerprint density at radius 2 is 1.83 bits per heavy atom. The highest BCUT2D eigenvalue weighted by atomic mass is 19.4. The van der Waals surface area contributed by atoms with Gasteiger partial charge in [-0.15, -0.1) is 0 Å². The van der Waals surface area contributed by atoms with Crippen molar-refractivity contribution in [3.8, 4) is 6.07 Å². The lowest BCUT2D eigenvalue weighted by molar-refractivity contribution is -0.137. The van der Waals surface area contributed by atoms with Crippen LogP contribution in [-0.2, 0) is 10.9 Å². The highest BCUT2D eigenvalue weighted by Gasteiger charge is 2.37. The van der Waals surface area contributed by atoms with Crippen LogP contribution in [0.25, 0.3) is 0 Å². The first kappa shape index (κ1) is 26.1. The zero-order valence-corrected chi connectivity index (χ0v) is 20.5. The summed E-state index contributed by atoms with van der Waals surface area (Å²) in [7, 11) is 0. The fourth-order valence-corrected chi connectivity index (χ4v) is 5.15. The number of urea groups is 1. The normalized spacial score (nSPS) is 23.3. The standard InChI is InChI=1S/C26H32F3N5O2/c1-2-36-12-9-24-31-15-23(32-24)21-13-20(19-3-5-22(6-4-19)26(27,28)29)16-34(17-21)25(35)33-10-7-18(14-30)8-11-33/h3-6,18,20-21H,2,7-13,15-17H2,1H3. The maximum absolute atomic E-state index is 13.4. The summed E-state index contributed by atoms with van der Waals surface area (Å²) in [6.45, 7) is 5.59. The van der Waals surface area contributed by atoms with Crippen LogP contribution in [0.15, 0.2) is 34.3 Å². The minimum Gasteiger partial charge on any atom is -0.381 e. The summed E-state index contributed by atoms with van der Waals surface area (Å²) in [5, 5.41) is 9.17. The average Bonchev–Trinajstić information content (AvgIpc) is 3.37. The first-order valence-corrected chi connectivity index (χ1v) is 12.6. The number of ether oxygens (including phenoxy) is 1. The van der Waals surface area contributed by atoms with Gasteiger partial charge in [-0.05, 0) is 43.9 Å². The van der Waals surface area contributed by atoms with E-state index in [1.165, 1.54) is 12.1 Å². The van der Waals surface area contributed by atoms with Crippen molar-refractivity contribution in [3.05, 3.63) is 35.4 Å². The summed E-state index contributed by atoms with van der Waals surface area (Å²) >= 11 is 0. The largest absolute Gasteiger partial charge is 0.416 e. The van der Waals surface area contributed by atoms with Gasteiger partial charge < -0.3 is 14.5 Å². The van der Waals surface area contributed by atoms with Crippen LogP contribution in [0, 0.1) is 23.2 Å². The second kappa shape index (κ2) is 11.4. The molecule has 0 aromatic heterocycles. The predicted molar refractivity (Wildman–Crippen MR) is 130 cm³/mol. The van der Waals surface area contributed by atoms with Crippen LogP contribution in [0.3, 0.4) is 0 Å². The number of hydrogen-bond acceptors (Lipinski definition) is 5. The molecule has 0 radical (unpaired) electrons. The number of carbonyl (C=O) groups is 1. The van der Waals surface area contributed by atoms with E-state index in [1.807, 2.05) is 11.8 Å². The number of amides is 2. The van der Waals surface area contributed by atoms with Crippen LogP contribution < -0.4 is 0 Å². The molecule has 3 heterocycles. The monoisotopic (exact) mass is 503 g/mol. The summed E-state index contributed by atoms with van der Waals surface area (Å²) in [5.74, 6) is 0.580. The van der Waals surface area contributed by atoms with Crippen LogP contribution >= 0.6 is 0 Å². The maximum Gasteiger partial charge on any atom is 0.416 e. The molecule has 0 bridgehead atoms. The number of aliphatic imine (C=N–C) groups is 2. The van der Waals surface area contributed by atoms with E-state index in [4.69, 9.17) is 9.73 Å². The van der Waals surface area contributed by atoms with Crippen molar-refractivity contribution in [1.82, 2.24) is 9.80 Å². The minimum absolute atomic E-state index is 0.0249. The van der Waals surface area contributed by atoms with Crippen LogP contribution in [0.5, 0.6) is 0 Å². The summed E-state index contributed by atoms with van der Waals surface area (Å²) in [4.78, 5) is 26.3. The Morgan fingerprint density at radius 3 is 2.47 bits per heavy atom. The molecule has 2 unspecified atom stereocenters. The number of likely N-dealkylation sites (tertiary alicyclic amines) is 2. The lowest BCUT2D eigenvalue weighted by atomic mass is 9.82. The van der Waals surface area contributed by atoms with E-state index in [0.717, 1.165) is 29.2 Å². The molecule has 10 heteroatoms. The Kier molecular flexibility index (Phi) is 8.29. The molecule has 0 N–H and O–H groups in total. The molecular weight excluding hydrogens is 471 g/mol. The summed E-state index contributed by atoms with van der Waals surface area (Å²) in [6, 6.07) is 7.48. The van der Waals surface area contributed by atoms with Gasteiger partial charge in [-0.2, -0.15) is 18.4 Å². The van der Waals surface area contributed by atoms with Gasteiger partial charge in [-0.3, -0.25) is 4.99 Å². The predicted octanol–water partition coefficient (Wildman–Crippen LogP) is 4.75. The second-order valence-electron chi connectivity index (χ2n) is 9.61. The molecule has 2 saturated heterocycles. The number of piperidine rings is 2. The van der Waals surface area contributed by atoms with Gasteiger partial charge in [0.25, 0.3) is 0 Å². The molecule has 3 aliphatic heterocycles. The second-order valence-corrected chi connectivity index (χ2v) is 9.61. The number of carbonyl (C=O) groups excluding carboxylic acids is 1. The van der Waals surface area contributed by atoms with E-state index < -0.39 is 11.7 Å². The number of halogens is 3. The molecule has 1 aromatic rings. The third-order valence-electron chi connectivity index (χ3n) is 7.22. The zero-order valence-electron chi connectivity index (χ0n) is 20.5. The SMILES string of the molecule is CCOCCC1=NCC(C2CC(c3ccc(C(F)(F)F)cc3)CN(C(=O)N3CCC(C#N)CC3)C2)=N1. The molecular formula is C26H32F3N5O2. The molecule has 0 aliphatic carbocycles. The molecule has 1 aromatic carbocycles. The Bertz CT molecular complexity index is 1020. The Hall–Kier alpha value is -2.93. The summed E-state index contributed by atoms with van der Waals surface area (Å²) < 4.78 is 44.7. The molecule has 194 valence electrons. The summed E-state index contributed by atoms with van der Waals surface area (Å²) in [5.41, 5.74) is 1.02. The van der Waals surface area contributed by atoms with Gasteiger partial charge in [-0.1, -0.05) is 12.1 Å². The molecule has 2 atom stereocenters. The summed E-state index contributed by atoms with van der Waals surface area (Å²) in [6.07, 6.45) is -1.75. The van der Waals surface area contributed by atoms with E-state index in [9.17, 15) is 23.2 Å². The van der Waals surface area contributed by atoms with Gasteiger partial charge in [0.05, 0.1) is 24.8 Å². The van der Waals surface area contributed by atoms with Crippen molar-refractivity contribution in [2.24, 2.45) is 21.8 Å². The number of nitrogens with zero attached hydrogens (tertiary/aromatic N) is 5. The van der Waals surface area contributed by atoms with E-state index in [-0.39, 0.29) is 23.8 Å². The highest BCUT2D eigenvalue weighted by molar-refractivity contribution is 6.05. The molecule has 2 amide bonds. The molecule has 0 saturated carbocycles. The van der Waals surface area contributed by atoms with Gasteiger partial charge in [0, 0.05) is 62.7 Å². The smallest absolute Gasteiger partial charge is 0.381 e. The van der Waals surface area contributed by atoms with E-state index in [2.05, 4.69) is 11.1 Å². The first-order valence-electron chi connectivity index (χ1n) is 12.6. The van der Waals surface area contributed by atoms with Crippen molar-refractivity contribution in [2.45, 2.75) is 44.7 Å². The molecule has 0 spiro atoms. The van der Waals surface area contributed by atoms with Crippen molar-refractivity contribution in [1.29, 1.82) is 5.26 Å². The van der Waals surface area contributed by atoms with Crippen molar-refractivity contribution in [3.63, 3.8) is 0 Å². The number of rotatable bonds is 6. The molecule has 7 nitrogen and oxygen atoms in total. The van der Waals surface area contributed by atoms with Crippen LogP contribution in [-0.4, -0.2) is 73.3 Å². The third-order valence-corrected chi connectivity index (χ3v) is 7.22. The lowest BCUT2D eigenvalue weighted by Crippen LogP contribution is -2.52. The van der Waals surface area contributed by atoms with Gasteiger partial charge >= 0.3 is 12.2 Å². The third kappa shape index (κ3) is 6.25. The molecule has 4 rings (SSSR count). The fourth-order valence-electron chi connectivity index (χ4n) is 5.15. The van der Waals surface area contributed by atoms with Crippen LogP contribution in [0.1, 0.15) is 49.7 Å². The van der Waals surface area contributed by atoms with Gasteiger partial charge in [0.2, 0.25) is 0 Å².